The smallest absolute Gasteiger partial charge is 0.408 e. The van der Waals surface area contributed by atoms with Crippen molar-refractivity contribution in [2.24, 2.45) is 0 Å². The van der Waals surface area contributed by atoms with Crippen LogP contribution < -0.4 is 5.32 Å². The summed E-state index contributed by atoms with van der Waals surface area (Å²) in [7, 11) is 0. The quantitative estimate of drug-likeness (QED) is 0.842. The lowest BCUT2D eigenvalue weighted by Crippen LogP contribution is -2.47. The van der Waals surface area contributed by atoms with Crippen LogP contribution in [0.1, 0.15) is 45.6 Å². The molecular formula is C14H19BrN2O2. The minimum Gasteiger partial charge on any atom is -0.438 e. The average molecular weight is 327 g/mol. The molecule has 0 spiro atoms. The van der Waals surface area contributed by atoms with Gasteiger partial charge in [-0.1, -0.05) is 0 Å². The maximum atomic E-state index is 12.0. The molecule has 1 fully saturated rings. The van der Waals surface area contributed by atoms with Gasteiger partial charge in [0.15, 0.2) is 0 Å². The summed E-state index contributed by atoms with van der Waals surface area (Å²) in [6.07, 6.45) is 4.16. The normalized spacial score (nSPS) is 17.5. The van der Waals surface area contributed by atoms with E-state index in [4.69, 9.17) is 4.74 Å². The molecular weight excluding hydrogens is 308 g/mol. The number of nitrogens with zero attached hydrogens (tertiary/aromatic N) is 1. The number of hydrogen-bond acceptors (Lipinski definition) is 3. The molecule has 0 unspecified atom stereocenters. The van der Waals surface area contributed by atoms with Gasteiger partial charge in [-0.3, -0.25) is 0 Å². The standard InChI is InChI=1S/C14H19BrN2O2/c1-13(2,3)17-12(18)19-14(6-4-7-14)10-5-8-16-11(15)9-10/h5,8-9H,4,6-7H2,1-3H3,(H,17,18). The molecule has 1 aromatic rings. The fourth-order valence-corrected chi connectivity index (χ4v) is 2.51. The minimum atomic E-state index is -0.485. The Hall–Kier alpha value is -1.10. The van der Waals surface area contributed by atoms with E-state index >= 15 is 0 Å². The number of carbonyl (C=O) groups is 1. The van der Waals surface area contributed by atoms with Crippen LogP contribution in [0.5, 0.6) is 0 Å². The van der Waals surface area contributed by atoms with E-state index in [1.165, 1.54) is 0 Å². The molecule has 1 aliphatic carbocycles. The molecule has 0 radical (unpaired) electrons. The largest absolute Gasteiger partial charge is 0.438 e. The number of rotatable bonds is 2. The number of ether oxygens (including phenoxy) is 1. The molecule has 2 rings (SSSR count). The number of amides is 1. The van der Waals surface area contributed by atoms with E-state index in [9.17, 15) is 4.79 Å². The lowest BCUT2D eigenvalue weighted by Gasteiger charge is -2.41. The van der Waals surface area contributed by atoms with E-state index in [0.29, 0.717) is 0 Å². The van der Waals surface area contributed by atoms with Crippen LogP contribution in [0.4, 0.5) is 4.79 Å². The van der Waals surface area contributed by atoms with Gasteiger partial charge in [0.2, 0.25) is 0 Å². The fraction of sp³-hybridized carbons (Fsp3) is 0.571. The summed E-state index contributed by atoms with van der Waals surface area (Å²) in [6, 6.07) is 3.83. The van der Waals surface area contributed by atoms with Crippen molar-refractivity contribution < 1.29 is 9.53 Å². The molecule has 5 heteroatoms. The molecule has 1 saturated carbocycles. The van der Waals surface area contributed by atoms with Crippen molar-refractivity contribution in [1.29, 1.82) is 0 Å². The molecule has 0 saturated heterocycles. The summed E-state index contributed by atoms with van der Waals surface area (Å²) in [5.74, 6) is 0. The van der Waals surface area contributed by atoms with Crippen molar-refractivity contribution in [1.82, 2.24) is 10.3 Å². The second-order valence-electron chi connectivity index (χ2n) is 5.98. The summed E-state index contributed by atoms with van der Waals surface area (Å²) < 4.78 is 6.45. The zero-order valence-electron chi connectivity index (χ0n) is 11.5. The van der Waals surface area contributed by atoms with Crippen molar-refractivity contribution in [3.8, 4) is 0 Å². The third-order valence-corrected chi connectivity index (χ3v) is 3.61. The molecule has 1 N–H and O–H groups in total. The zero-order chi connectivity index (χ0) is 14.1. The van der Waals surface area contributed by atoms with Gasteiger partial charge in [-0.25, -0.2) is 9.78 Å². The van der Waals surface area contributed by atoms with Crippen molar-refractivity contribution >= 4 is 22.0 Å². The maximum absolute atomic E-state index is 12.0. The Morgan fingerprint density at radius 2 is 2.16 bits per heavy atom. The van der Waals surface area contributed by atoms with Crippen LogP contribution in [-0.4, -0.2) is 16.6 Å². The van der Waals surface area contributed by atoms with Gasteiger partial charge in [0.05, 0.1) is 0 Å². The van der Waals surface area contributed by atoms with E-state index in [2.05, 4.69) is 26.2 Å². The minimum absolute atomic E-state index is 0.291. The number of alkyl carbamates (subject to hydrolysis) is 1. The van der Waals surface area contributed by atoms with Gasteiger partial charge in [0.25, 0.3) is 0 Å². The zero-order valence-corrected chi connectivity index (χ0v) is 13.1. The van der Waals surface area contributed by atoms with Gasteiger partial charge in [0, 0.05) is 11.7 Å². The van der Waals surface area contributed by atoms with Crippen LogP contribution in [0.3, 0.4) is 0 Å². The maximum Gasteiger partial charge on any atom is 0.408 e. The topological polar surface area (TPSA) is 51.2 Å². The fourth-order valence-electron chi connectivity index (χ4n) is 2.14. The van der Waals surface area contributed by atoms with Crippen molar-refractivity contribution in [3.05, 3.63) is 28.5 Å². The first kappa shape index (κ1) is 14.3. The summed E-state index contributed by atoms with van der Waals surface area (Å²) in [5.41, 5.74) is 0.228. The summed E-state index contributed by atoms with van der Waals surface area (Å²) in [5, 5.41) is 2.84. The van der Waals surface area contributed by atoms with Crippen LogP contribution in [0.15, 0.2) is 22.9 Å². The van der Waals surface area contributed by atoms with Crippen LogP contribution in [0.2, 0.25) is 0 Å². The molecule has 4 nitrogen and oxygen atoms in total. The van der Waals surface area contributed by atoms with E-state index in [1.807, 2.05) is 32.9 Å². The molecule has 1 aromatic heterocycles. The summed E-state index contributed by atoms with van der Waals surface area (Å²) in [4.78, 5) is 16.1. The number of nitrogens with one attached hydrogen (secondary N) is 1. The Morgan fingerprint density at radius 1 is 1.47 bits per heavy atom. The number of carbonyl (C=O) groups excluding carboxylic acids is 1. The number of hydrogen-bond donors (Lipinski definition) is 1. The molecule has 0 atom stereocenters. The second kappa shape index (κ2) is 5.12. The number of pyridine rings is 1. The number of aromatic nitrogens is 1. The van der Waals surface area contributed by atoms with Gasteiger partial charge in [-0.15, -0.1) is 0 Å². The molecule has 0 aliphatic heterocycles. The number of halogens is 1. The monoisotopic (exact) mass is 326 g/mol. The third-order valence-electron chi connectivity index (χ3n) is 3.18. The van der Waals surface area contributed by atoms with E-state index < -0.39 is 5.60 Å². The predicted octanol–water partition coefficient (Wildman–Crippen LogP) is 3.75. The molecule has 0 bridgehead atoms. The van der Waals surface area contributed by atoms with Crippen LogP contribution in [0, 0.1) is 0 Å². The highest BCUT2D eigenvalue weighted by molar-refractivity contribution is 9.10. The lowest BCUT2D eigenvalue weighted by atomic mass is 9.75. The highest BCUT2D eigenvalue weighted by Crippen LogP contribution is 2.45. The molecule has 1 heterocycles. The summed E-state index contributed by atoms with van der Waals surface area (Å²) >= 11 is 3.36. The SMILES string of the molecule is CC(C)(C)NC(=O)OC1(c2ccnc(Br)c2)CCC1. The van der Waals surface area contributed by atoms with E-state index in [-0.39, 0.29) is 11.6 Å². The Balaban J connectivity index is 2.13. The predicted molar refractivity (Wildman–Crippen MR) is 76.8 cm³/mol. The van der Waals surface area contributed by atoms with Crippen LogP contribution in [0.25, 0.3) is 0 Å². The van der Waals surface area contributed by atoms with Crippen molar-refractivity contribution in [3.63, 3.8) is 0 Å². The van der Waals surface area contributed by atoms with Crippen LogP contribution in [-0.2, 0) is 10.3 Å². The van der Waals surface area contributed by atoms with Gasteiger partial charge in [0.1, 0.15) is 10.2 Å². The van der Waals surface area contributed by atoms with Gasteiger partial charge in [-0.2, -0.15) is 0 Å². The van der Waals surface area contributed by atoms with Gasteiger partial charge >= 0.3 is 6.09 Å². The first-order chi connectivity index (χ1) is 8.81. The van der Waals surface area contributed by atoms with Crippen LogP contribution >= 0.6 is 15.9 Å². The lowest BCUT2D eigenvalue weighted by molar-refractivity contribution is -0.0550. The highest BCUT2D eigenvalue weighted by Gasteiger charge is 2.43. The molecule has 1 amide bonds. The average Bonchev–Trinajstić information content (AvgIpc) is 2.21. The van der Waals surface area contributed by atoms with Gasteiger partial charge in [-0.05, 0) is 73.7 Å². The first-order valence-corrected chi connectivity index (χ1v) is 7.23. The molecule has 1 aliphatic rings. The molecule has 19 heavy (non-hydrogen) atoms. The molecule has 0 aromatic carbocycles. The van der Waals surface area contributed by atoms with E-state index in [0.717, 1.165) is 29.4 Å². The van der Waals surface area contributed by atoms with E-state index in [1.54, 1.807) is 6.20 Å². The van der Waals surface area contributed by atoms with Gasteiger partial charge < -0.3 is 10.1 Å². The van der Waals surface area contributed by atoms with Crippen molar-refractivity contribution in [2.75, 3.05) is 0 Å². The molecule has 104 valence electrons. The Labute approximate surface area is 122 Å². The van der Waals surface area contributed by atoms with Crippen molar-refractivity contribution in [2.45, 2.75) is 51.2 Å². The highest BCUT2D eigenvalue weighted by atomic mass is 79.9. The second-order valence-corrected chi connectivity index (χ2v) is 6.79. The Kier molecular flexibility index (Phi) is 3.85. The Bertz CT molecular complexity index is 479. The third kappa shape index (κ3) is 3.47. The summed E-state index contributed by atoms with van der Waals surface area (Å²) in [6.45, 7) is 5.81. The first-order valence-electron chi connectivity index (χ1n) is 6.44. The Morgan fingerprint density at radius 3 is 2.63 bits per heavy atom.